The SMILES string of the molecule is CC1CCN(CCNCc2cccn2C)CC1. The molecule has 1 aromatic rings. The Kier molecular flexibility index (Phi) is 4.63. The lowest BCUT2D eigenvalue weighted by atomic mass is 9.99. The quantitative estimate of drug-likeness (QED) is 0.786. The highest BCUT2D eigenvalue weighted by atomic mass is 15.1. The number of rotatable bonds is 5. The number of likely N-dealkylation sites (tertiary alicyclic amines) is 1. The van der Waals surface area contributed by atoms with Crippen molar-refractivity contribution in [1.29, 1.82) is 0 Å². The number of hydrogen-bond acceptors (Lipinski definition) is 2. The second-order valence-corrected chi connectivity index (χ2v) is 5.31. The molecule has 3 nitrogen and oxygen atoms in total. The summed E-state index contributed by atoms with van der Waals surface area (Å²) in [6, 6.07) is 4.28. The Morgan fingerprint density at radius 2 is 2.12 bits per heavy atom. The summed E-state index contributed by atoms with van der Waals surface area (Å²) in [5.41, 5.74) is 1.36. The lowest BCUT2D eigenvalue weighted by molar-refractivity contribution is 0.193. The molecule has 0 atom stereocenters. The van der Waals surface area contributed by atoms with E-state index in [-0.39, 0.29) is 0 Å². The summed E-state index contributed by atoms with van der Waals surface area (Å²) in [7, 11) is 2.10. The predicted octanol–water partition coefficient (Wildman–Crippen LogP) is 1.85. The fraction of sp³-hybridized carbons (Fsp3) is 0.714. The third-order valence-electron chi connectivity index (χ3n) is 3.84. The maximum absolute atomic E-state index is 3.52. The Bertz CT molecular complexity index is 324. The Labute approximate surface area is 105 Å². The highest BCUT2D eigenvalue weighted by Crippen LogP contribution is 2.15. The van der Waals surface area contributed by atoms with Crippen molar-refractivity contribution >= 4 is 0 Å². The van der Waals surface area contributed by atoms with Gasteiger partial charge >= 0.3 is 0 Å². The largest absolute Gasteiger partial charge is 0.353 e. The Hall–Kier alpha value is -0.800. The van der Waals surface area contributed by atoms with E-state index in [1.807, 2.05) is 0 Å². The Morgan fingerprint density at radius 1 is 1.35 bits per heavy atom. The minimum absolute atomic E-state index is 0.933. The van der Waals surface area contributed by atoms with Gasteiger partial charge in [-0.2, -0.15) is 0 Å². The summed E-state index contributed by atoms with van der Waals surface area (Å²) in [6.07, 6.45) is 4.85. The van der Waals surface area contributed by atoms with Crippen LogP contribution in [-0.2, 0) is 13.6 Å². The maximum Gasteiger partial charge on any atom is 0.0359 e. The molecule has 1 aliphatic rings. The monoisotopic (exact) mass is 235 g/mol. The van der Waals surface area contributed by atoms with E-state index in [0.29, 0.717) is 0 Å². The molecule has 96 valence electrons. The van der Waals surface area contributed by atoms with Crippen molar-refractivity contribution in [3.05, 3.63) is 24.0 Å². The number of piperidine rings is 1. The van der Waals surface area contributed by atoms with E-state index in [9.17, 15) is 0 Å². The summed E-state index contributed by atoms with van der Waals surface area (Å²) in [4.78, 5) is 2.58. The van der Waals surface area contributed by atoms with Gasteiger partial charge in [0, 0.05) is 38.6 Å². The zero-order valence-electron chi connectivity index (χ0n) is 11.2. The van der Waals surface area contributed by atoms with Crippen LogP contribution in [0.15, 0.2) is 18.3 Å². The zero-order valence-corrected chi connectivity index (χ0v) is 11.2. The minimum atomic E-state index is 0.933. The molecule has 0 unspecified atom stereocenters. The first kappa shape index (κ1) is 12.7. The van der Waals surface area contributed by atoms with E-state index in [0.717, 1.165) is 19.0 Å². The maximum atomic E-state index is 3.52. The van der Waals surface area contributed by atoms with Gasteiger partial charge in [-0.25, -0.2) is 0 Å². The van der Waals surface area contributed by atoms with Gasteiger partial charge in [0.05, 0.1) is 0 Å². The van der Waals surface area contributed by atoms with Crippen molar-refractivity contribution in [3.63, 3.8) is 0 Å². The van der Waals surface area contributed by atoms with Crippen molar-refractivity contribution in [2.75, 3.05) is 26.2 Å². The molecule has 0 aliphatic carbocycles. The van der Waals surface area contributed by atoms with Crippen molar-refractivity contribution in [1.82, 2.24) is 14.8 Å². The lowest BCUT2D eigenvalue weighted by Gasteiger charge is -2.30. The molecule has 1 aromatic heterocycles. The molecule has 0 radical (unpaired) electrons. The van der Waals surface area contributed by atoms with E-state index in [4.69, 9.17) is 0 Å². The van der Waals surface area contributed by atoms with E-state index in [1.165, 1.54) is 38.2 Å². The molecule has 0 spiro atoms. The van der Waals surface area contributed by atoms with Gasteiger partial charge in [0.1, 0.15) is 0 Å². The molecule has 3 heteroatoms. The Balaban J connectivity index is 1.59. The average molecular weight is 235 g/mol. The Morgan fingerprint density at radius 3 is 2.76 bits per heavy atom. The van der Waals surface area contributed by atoms with Gasteiger partial charge in [0.25, 0.3) is 0 Å². The molecule has 0 amide bonds. The molecule has 2 rings (SSSR count). The van der Waals surface area contributed by atoms with Crippen molar-refractivity contribution in [2.24, 2.45) is 13.0 Å². The molecule has 2 heterocycles. The first-order valence-corrected chi connectivity index (χ1v) is 6.79. The highest BCUT2D eigenvalue weighted by Gasteiger charge is 2.14. The topological polar surface area (TPSA) is 20.2 Å². The van der Waals surface area contributed by atoms with Crippen LogP contribution in [0.5, 0.6) is 0 Å². The molecule has 0 bridgehead atoms. The van der Waals surface area contributed by atoms with Gasteiger partial charge in [-0.3, -0.25) is 0 Å². The van der Waals surface area contributed by atoms with E-state index >= 15 is 0 Å². The summed E-state index contributed by atoms with van der Waals surface area (Å²) >= 11 is 0. The third-order valence-corrected chi connectivity index (χ3v) is 3.84. The van der Waals surface area contributed by atoms with Gasteiger partial charge in [-0.15, -0.1) is 0 Å². The van der Waals surface area contributed by atoms with Crippen LogP contribution in [0.2, 0.25) is 0 Å². The van der Waals surface area contributed by atoms with Gasteiger partial charge in [0.15, 0.2) is 0 Å². The highest BCUT2D eigenvalue weighted by molar-refractivity contribution is 5.05. The van der Waals surface area contributed by atoms with Gasteiger partial charge in [0.2, 0.25) is 0 Å². The van der Waals surface area contributed by atoms with Crippen molar-refractivity contribution in [3.8, 4) is 0 Å². The molecule has 0 aromatic carbocycles. The van der Waals surface area contributed by atoms with E-state index in [1.54, 1.807) is 0 Å². The second kappa shape index (κ2) is 6.22. The predicted molar refractivity (Wildman–Crippen MR) is 72.0 cm³/mol. The molecule has 1 aliphatic heterocycles. The number of nitrogens with one attached hydrogen (secondary N) is 1. The number of hydrogen-bond donors (Lipinski definition) is 1. The summed E-state index contributed by atoms with van der Waals surface area (Å²) in [5, 5.41) is 3.52. The lowest BCUT2D eigenvalue weighted by Crippen LogP contribution is -2.37. The summed E-state index contributed by atoms with van der Waals surface area (Å²) in [5.74, 6) is 0.933. The average Bonchev–Trinajstić information content (AvgIpc) is 2.73. The van der Waals surface area contributed by atoms with Crippen molar-refractivity contribution in [2.45, 2.75) is 26.3 Å². The van der Waals surface area contributed by atoms with Crippen LogP contribution in [0.3, 0.4) is 0 Å². The summed E-state index contributed by atoms with van der Waals surface area (Å²) < 4.78 is 2.18. The molecule has 1 N–H and O–H groups in total. The van der Waals surface area contributed by atoms with Crippen LogP contribution in [0.4, 0.5) is 0 Å². The number of aryl methyl sites for hydroxylation is 1. The third kappa shape index (κ3) is 3.86. The fourth-order valence-electron chi connectivity index (χ4n) is 2.42. The van der Waals surface area contributed by atoms with Crippen LogP contribution < -0.4 is 5.32 Å². The van der Waals surface area contributed by atoms with E-state index < -0.39 is 0 Å². The smallest absolute Gasteiger partial charge is 0.0359 e. The zero-order chi connectivity index (χ0) is 12.1. The van der Waals surface area contributed by atoms with Crippen LogP contribution in [0.1, 0.15) is 25.5 Å². The molecular formula is C14H25N3. The number of aromatic nitrogens is 1. The van der Waals surface area contributed by atoms with Crippen LogP contribution >= 0.6 is 0 Å². The van der Waals surface area contributed by atoms with Crippen LogP contribution in [-0.4, -0.2) is 35.6 Å². The summed E-state index contributed by atoms with van der Waals surface area (Å²) in [6.45, 7) is 8.20. The number of nitrogens with zero attached hydrogens (tertiary/aromatic N) is 2. The molecule has 1 saturated heterocycles. The molecule has 0 saturated carbocycles. The minimum Gasteiger partial charge on any atom is -0.353 e. The second-order valence-electron chi connectivity index (χ2n) is 5.31. The first-order chi connectivity index (χ1) is 8.25. The fourth-order valence-corrected chi connectivity index (χ4v) is 2.42. The standard InChI is InChI=1S/C14H25N3/c1-13-5-9-17(10-6-13)11-7-15-12-14-4-3-8-16(14)2/h3-4,8,13,15H,5-7,9-12H2,1-2H3. The normalized spacial score (nSPS) is 18.7. The van der Waals surface area contributed by atoms with Gasteiger partial charge in [-0.1, -0.05) is 6.92 Å². The first-order valence-electron chi connectivity index (χ1n) is 6.79. The van der Waals surface area contributed by atoms with Crippen LogP contribution in [0.25, 0.3) is 0 Å². The van der Waals surface area contributed by atoms with Crippen LogP contribution in [0, 0.1) is 5.92 Å². The van der Waals surface area contributed by atoms with Gasteiger partial charge < -0.3 is 14.8 Å². The molecule has 17 heavy (non-hydrogen) atoms. The van der Waals surface area contributed by atoms with Gasteiger partial charge in [-0.05, 0) is 44.0 Å². The molecule has 1 fully saturated rings. The van der Waals surface area contributed by atoms with E-state index in [2.05, 4.69) is 47.1 Å². The van der Waals surface area contributed by atoms with Crippen molar-refractivity contribution < 1.29 is 0 Å². The molecular weight excluding hydrogens is 210 g/mol.